The van der Waals surface area contributed by atoms with Crippen LogP contribution in [0.2, 0.25) is 0 Å². The van der Waals surface area contributed by atoms with Crippen molar-refractivity contribution in [3.8, 4) is 6.07 Å². The van der Waals surface area contributed by atoms with Crippen molar-refractivity contribution < 1.29 is 4.79 Å². The number of carbonyl (C=O) groups excluding carboxylic acids is 1. The summed E-state index contributed by atoms with van der Waals surface area (Å²) in [4.78, 5) is 13.9. The molecular weight excluding hydrogens is 318 g/mol. The Bertz CT molecular complexity index is 707. The third-order valence-electron chi connectivity index (χ3n) is 2.91. The number of nitriles is 1. The number of nitrogens with two attached hydrogens (primary N) is 1. The molecule has 2 aromatic carbocycles. The van der Waals surface area contributed by atoms with Crippen LogP contribution in [0.4, 0.5) is 11.4 Å². The predicted octanol–water partition coefficient (Wildman–Crippen LogP) is 3.18. The van der Waals surface area contributed by atoms with Crippen LogP contribution in [0, 0.1) is 11.3 Å². The number of rotatable bonds is 2. The minimum atomic E-state index is -0.218. The van der Waals surface area contributed by atoms with E-state index >= 15 is 0 Å². The van der Waals surface area contributed by atoms with E-state index in [0.717, 1.165) is 4.47 Å². The van der Waals surface area contributed by atoms with Crippen molar-refractivity contribution in [2.45, 2.75) is 0 Å². The summed E-state index contributed by atoms with van der Waals surface area (Å²) in [5.74, 6) is -0.218. The van der Waals surface area contributed by atoms with Crippen LogP contribution in [0.1, 0.15) is 15.9 Å². The lowest BCUT2D eigenvalue weighted by Crippen LogP contribution is -2.27. The van der Waals surface area contributed by atoms with Gasteiger partial charge in [-0.1, -0.05) is 22.0 Å². The van der Waals surface area contributed by atoms with Crippen LogP contribution in [0.25, 0.3) is 0 Å². The monoisotopic (exact) mass is 329 g/mol. The molecule has 0 aliphatic carbocycles. The minimum absolute atomic E-state index is 0.218. The predicted molar refractivity (Wildman–Crippen MR) is 82.4 cm³/mol. The SMILES string of the molecule is CN(C(=O)c1ccc(Br)cc1N)c1cccc(C#N)c1. The van der Waals surface area contributed by atoms with Crippen LogP contribution in [-0.2, 0) is 0 Å². The molecule has 0 fully saturated rings. The second kappa shape index (κ2) is 5.76. The molecule has 0 saturated heterocycles. The molecule has 0 spiro atoms. The zero-order valence-electron chi connectivity index (χ0n) is 10.8. The summed E-state index contributed by atoms with van der Waals surface area (Å²) in [5, 5.41) is 8.90. The highest BCUT2D eigenvalue weighted by Crippen LogP contribution is 2.22. The molecule has 1 amide bonds. The molecule has 4 nitrogen and oxygen atoms in total. The maximum absolute atomic E-state index is 12.4. The molecule has 0 saturated carbocycles. The molecule has 2 N–H and O–H groups in total. The summed E-state index contributed by atoms with van der Waals surface area (Å²) < 4.78 is 0.820. The van der Waals surface area contributed by atoms with E-state index in [1.54, 1.807) is 49.5 Å². The van der Waals surface area contributed by atoms with Gasteiger partial charge < -0.3 is 10.6 Å². The Kier molecular flexibility index (Phi) is 4.06. The van der Waals surface area contributed by atoms with Crippen molar-refractivity contribution >= 4 is 33.2 Å². The highest BCUT2D eigenvalue weighted by molar-refractivity contribution is 9.10. The first-order valence-corrected chi connectivity index (χ1v) is 6.65. The van der Waals surface area contributed by atoms with Crippen molar-refractivity contribution in [3.63, 3.8) is 0 Å². The van der Waals surface area contributed by atoms with Crippen LogP contribution in [0.3, 0.4) is 0 Å². The van der Waals surface area contributed by atoms with E-state index in [9.17, 15) is 4.79 Å². The molecule has 0 atom stereocenters. The van der Waals surface area contributed by atoms with Gasteiger partial charge in [-0.05, 0) is 36.4 Å². The molecule has 5 heteroatoms. The highest BCUT2D eigenvalue weighted by atomic mass is 79.9. The van der Waals surface area contributed by atoms with Crippen LogP contribution in [0.5, 0.6) is 0 Å². The summed E-state index contributed by atoms with van der Waals surface area (Å²) >= 11 is 3.31. The van der Waals surface area contributed by atoms with Crippen molar-refractivity contribution in [3.05, 3.63) is 58.1 Å². The summed E-state index contributed by atoms with van der Waals surface area (Å²) in [6.07, 6.45) is 0. The van der Waals surface area contributed by atoms with Gasteiger partial charge in [0.15, 0.2) is 0 Å². The van der Waals surface area contributed by atoms with Gasteiger partial charge >= 0.3 is 0 Å². The van der Waals surface area contributed by atoms with Gasteiger partial charge in [0.1, 0.15) is 0 Å². The topological polar surface area (TPSA) is 70.1 Å². The maximum Gasteiger partial charge on any atom is 0.260 e. The fraction of sp³-hybridized carbons (Fsp3) is 0.0667. The Hall–Kier alpha value is -2.32. The molecule has 100 valence electrons. The second-order valence-electron chi connectivity index (χ2n) is 4.26. The molecule has 0 aromatic heterocycles. The van der Waals surface area contributed by atoms with E-state index in [-0.39, 0.29) is 5.91 Å². The van der Waals surface area contributed by atoms with E-state index in [4.69, 9.17) is 11.0 Å². The number of nitrogen functional groups attached to an aromatic ring is 1. The Balaban J connectivity index is 2.35. The summed E-state index contributed by atoms with van der Waals surface area (Å²) in [7, 11) is 1.65. The number of anilines is 2. The van der Waals surface area contributed by atoms with Crippen LogP contribution >= 0.6 is 15.9 Å². The number of hydrogen-bond donors (Lipinski definition) is 1. The maximum atomic E-state index is 12.4. The molecular formula is C15H12BrN3O. The second-order valence-corrected chi connectivity index (χ2v) is 5.17. The standard InChI is InChI=1S/C15H12BrN3O/c1-19(12-4-2-3-10(7-12)9-17)15(20)13-6-5-11(16)8-14(13)18/h2-8H,18H2,1H3. The fourth-order valence-electron chi connectivity index (χ4n) is 1.81. The lowest BCUT2D eigenvalue weighted by atomic mass is 10.1. The van der Waals surface area contributed by atoms with Crippen molar-refractivity contribution in [2.24, 2.45) is 0 Å². The summed E-state index contributed by atoms with van der Waals surface area (Å²) in [5.41, 5.74) is 7.86. The van der Waals surface area contributed by atoms with Crippen molar-refractivity contribution in [1.82, 2.24) is 0 Å². The molecule has 0 heterocycles. The number of amides is 1. The van der Waals surface area contributed by atoms with E-state index in [2.05, 4.69) is 22.0 Å². The van der Waals surface area contributed by atoms with Gasteiger partial charge in [0.2, 0.25) is 0 Å². The van der Waals surface area contributed by atoms with Gasteiger partial charge in [-0.3, -0.25) is 4.79 Å². The molecule has 20 heavy (non-hydrogen) atoms. The third kappa shape index (κ3) is 2.81. The van der Waals surface area contributed by atoms with E-state index < -0.39 is 0 Å². The summed E-state index contributed by atoms with van der Waals surface area (Å²) in [6.45, 7) is 0. The van der Waals surface area contributed by atoms with Crippen molar-refractivity contribution in [1.29, 1.82) is 5.26 Å². The smallest absolute Gasteiger partial charge is 0.260 e. The lowest BCUT2D eigenvalue weighted by Gasteiger charge is -2.18. The number of halogens is 1. The van der Waals surface area contributed by atoms with Gasteiger partial charge in [0, 0.05) is 22.9 Å². The molecule has 2 aromatic rings. The van der Waals surface area contributed by atoms with Gasteiger partial charge in [0.05, 0.1) is 17.2 Å². The van der Waals surface area contributed by atoms with Gasteiger partial charge in [-0.15, -0.1) is 0 Å². The summed E-state index contributed by atoms with van der Waals surface area (Å²) in [6, 6.07) is 14.0. The average molecular weight is 330 g/mol. The van der Waals surface area contributed by atoms with Crippen LogP contribution in [0.15, 0.2) is 46.9 Å². The first kappa shape index (κ1) is 14.1. The Morgan fingerprint density at radius 2 is 2.05 bits per heavy atom. The fourth-order valence-corrected chi connectivity index (χ4v) is 2.19. The van der Waals surface area contributed by atoms with E-state index in [0.29, 0.717) is 22.5 Å². The normalized spacial score (nSPS) is 9.85. The minimum Gasteiger partial charge on any atom is -0.398 e. The zero-order valence-corrected chi connectivity index (χ0v) is 12.4. The quantitative estimate of drug-likeness (QED) is 0.860. The highest BCUT2D eigenvalue weighted by Gasteiger charge is 2.16. The molecule has 0 aliphatic rings. The largest absolute Gasteiger partial charge is 0.398 e. The molecule has 0 radical (unpaired) electrons. The first-order valence-electron chi connectivity index (χ1n) is 5.86. The van der Waals surface area contributed by atoms with Crippen LogP contribution in [-0.4, -0.2) is 13.0 Å². The van der Waals surface area contributed by atoms with Crippen LogP contribution < -0.4 is 10.6 Å². The van der Waals surface area contributed by atoms with E-state index in [1.165, 1.54) is 4.90 Å². The lowest BCUT2D eigenvalue weighted by molar-refractivity contribution is 0.0994. The zero-order chi connectivity index (χ0) is 14.7. The Morgan fingerprint density at radius 3 is 2.70 bits per heavy atom. The Morgan fingerprint density at radius 1 is 1.30 bits per heavy atom. The first-order chi connectivity index (χ1) is 9.52. The Labute approximate surface area is 125 Å². The van der Waals surface area contributed by atoms with Gasteiger partial charge in [0.25, 0.3) is 5.91 Å². The average Bonchev–Trinajstić information content (AvgIpc) is 2.46. The molecule has 2 rings (SSSR count). The number of hydrogen-bond acceptors (Lipinski definition) is 3. The number of carbonyl (C=O) groups is 1. The molecule has 0 bridgehead atoms. The van der Waals surface area contributed by atoms with Gasteiger partial charge in [-0.25, -0.2) is 0 Å². The van der Waals surface area contributed by atoms with Gasteiger partial charge in [-0.2, -0.15) is 5.26 Å². The van der Waals surface area contributed by atoms with E-state index in [1.807, 2.05) is 0 Å². The number of nitrogens with zero attached hydrogens (tertiary/aromatic N) is 2. The number of benzene rings is 2. The van der Waals surface area contributed by atoms with Crippen molar-refractivity contribution in [2.75, 3.05) is 17.7 Å². The third-order valence-corrected chi connectivity index (χ3v) is 3.40. The molecule has 0 aliphatic heterocycles. The molecule has 0 unspecified atom stereocenters.